The zero-order valence-electron chi connectivity index (χ0n) is 9.93. The van der Waals surface area contributed by atoms with E-state index in [2.05, 4.69) is 4.98 Å². The van der Waals surface area contributed by atoms with Gasteiger partial charge >= 0.3 is 5.97 Å². The second kappa shape index (κ2) is 5.05. The fourth-order valence-electron chi connectivity index (χ4n) is 1.99. The number of hydrogen-bond donors (Lipinski definition) is 1. The zero-order chi connectivity index (χ0) is 14.3. The first-order chi connectivity index (χ1) is 9.56. The molecule has 0 saturated carbocycles. The molecule has 2 aromatic heterocycles. The second-order valence-electron chi connectivity index (χ2n) is 4.10. The van der Waals surface area contributed by atoms with Crippen LogP contribution in [-0.2, 0) is 0 Å². The first-order valence-corrected chi connectivity index (χ1v) is 7.22. The number of carbonyl (C=O) groups is 1. The van der Waals surface area contributed by atoms with E-state index in [0.717, 1.165) is 4.88 Å². The number of hydrogen-bond acceptors (Lipinski definition) is 3. The lowest BCUT2D eigenvalue weighted by molar-refractivity contribution is 0.0699. The van der Waals surface area contributed by atoms with Crippen LogP contribution in [0.15, 0.2) is 36.4 Å². The smallest absolute Gasteiger partial charge is 0.336 e. The van der Waals surface area contributed by atoms with Crippen molar-refractivity contribution in [1.82, 2.24) is 4.98 Å². The van der Waals surface area contributed by atoms with E-state index in [1.165, 1.54) is 17.4 Å². The molecule has 0 unspecified atom stereocenters. The maximum atomic E-state index is 11.4. The summed E-state index contributed by atoms with van der Waals surface area (Å²) in [6, 6.07) is 10.2. The third-order valence-electron chi connectivity index (χ3n) is 2.84. The maximum Gasteiger partial charge on any atom is 0.336 e. The zero-order valence-corrected chi connectivity index (χ0v) is 12.3. The molecule has 0 atom stereocenters. The highest BCUT2D eigenvalue weighted by Gasteiger charge is 2.16. The van der Waals surface area contributed by atoms with Crippen LogP contribution >= 0.6 is 34.5 Å². The summed E-state index contributed by atoms with van der Waals surface area (Å²) in [6.45, 7) is 0. The monoisotopic (exact) mass is 323 g/mol. The summed E-state index contributed by atoms with van der Waals surface area (Å²) in [4.78, 5) is 16.7. The molecular formula is C14H7Cl2NO2S. The normalized spacial score (nSPS) is 10.9. The molecule has 6 heteroatoms. The largest absolute Gasteiger partial charge is 0.478 e. The predicted molar refractivity (Wildman–Crippen MR) is 82.0 cm³/mol. The number of aromatic carboxylic acids is 1. The van der Waals surface area contributed by atoms with E-state index in [9.17, 15) is 9.90 Å². The van der Waals surface area contributed by atoms with Crippen LogP contribution in [0.4, 0.5) is 0 Å². The Bertz CT molecular complexity index is 829. The first kappa shape index (κ1) is 13.4. The highest BCUT2D eigenvalue weighted by molar-refractivity contribution is 7.19. The van der Waals surface area contributed by atoms with Crippen LogP contribution in [0.1, 0.15) is 10.4 Å². The lowest BCUT2D eigenvalue weighted by atomic mass is 10.1. The lowest BCUT2D eigenvalue weighted by Gasteiger charge is -2.07. The van der Waals surface area contributed by atoms with E-state index in [4.69, 9.17) is 23.2 Å². The van der Waals surface area contributed by atoms with E-state index >= 15 is 0 Å². The number of benzene rings is 1. The van der Waals surface area contributed by atoms with Crippen molar-refractivity contribution in [2.45, 2.75) is 0 Å². The van der Waals surface area contributed by atoms with Gasteiger partial charge in [0, 0.05) is 5.39 Å². The van der Waals surface area contributed by atoms with Gasteiger partial charge < -0.3 is 5.11 Å². The van der Waals surface area contributed by atoms with Crippen LogP contribution in [0.25, 0.3) is 21.5 Å². The Hall–Kier alpha value is -1.62. The number of pyridine rings is 1. The van der Waals surface area contributed by atoms with Crippen molar-refractivity contribution in [3.63, 3.8) is 0 Å². The van der Waals surface area contributed by atoms with Crippen LogP contribution in [0.5, 0.6) is 0 Å². The van der Waals surface area contributed by atoms with Crippen LogP contribution < -0.4 is 0 Å². The van der Waals surface area contributed by atoms with E-state index < -0.39 is 5.97 Å². The lowest BCUT2D eigenvalue weighted by Crippen LogP contribution is -2.00. The molecule has 0 bridgehead atoms. The van der Waals surface area contributed by atoms with Crippen molar-refractivity contribution in [3.8, 4) is 10.6 Å². The van der Waals surface area contributed by atoms with Gasteiger partial charge in [-0.15, -0.1) is 11.3 Å². The fraction of sp³-hybridized carbons (Fsp3) is 0. The van der Waals surface area contributed by atoms with E-state index in [1.54, 1.807) is 24.3 Å². The summed E-state index contributed by atoms with van der Waals surface area (Å²) in [5.74, 6) is -1.03. The van der Waals surface area contributed by atoms with Crippen molar-refractivity contribution >= 4 is 51.4 Å². The van der Waals surface area contributed by atoms with Crippen molar-refractivity contribution in [3.05, 3.63) is 51.3 Å². The Morgan fingerprint density at radius 2 is 2.00 bits per heavy atom. The van der Waals surface area contributed by atoms with Gasteiger partial charge in [-0.25, -0.2) is 9.78 Å². The molecule has 0 amide bonds. The fourth-order valence-corrected chi connectivity index (χ4v) is 3.27. The Morgan fingerprint density at radius 3 is 2.65 bits per heavy atom. The molecule has 0 radical (unpaired) electrons. The molecule has 0 saturated heterocycles. The number of carboxylic acid groups (broad SMARTS) is 1. The Balaban J connectivity index is 2.34. The average Bonchev–Trinajstić information content (AvgIpc) is 2.84. The molecule has 3 nitrogen and oxygen atoms in total. The minimum atomic E-state index is -1.03. The highest BCUT2D eigenvalue weighted by atomic mass is 35.5. The molecule has 0 spiro atoms. The summed E-state index contributed by atoms with van der Waals surface area (Å²) in [5, 5.41) is 10.2. The minimum Gasteiger partial charge on any atom is -0.478 e. The van der Waals surface area contributed by atoms with Crippen LogP contribution in [-0.4, -0.2) is 16.1 Å². The van der Waals surface area contributed by atoms with Gasteiger partial charge in [-0.05, 0) is 30.3 Å². The molecule has 2 heterocycles. The summed E-state index contributed by atoms with van der Waals surface area (Å²) < 4.78 is 0.630. The molecular weight excluding hydrogens is 317 g/mol. The average molecular weight is 324 g/mol. The summed E-state index contributed by atoms with van der Waals surface area (Å²) in [7, 11) is 0. The topological polar surface area (TPSA) is 50.2 Å². The number of rotatable bonds is 2. The molecule has 20 heavy (non-hydrogen) atoms. The Kier molecular flexibility index (Phi) is 3.38. The number of aromatic nitrogens is 1. The number of nitrogens with zero attached hydrogens (tertiary/aromatic N) is 1. The van der Waals surface area contributed by atoms with E-state index in [-0.39, 0.29) is 5.56 Å². The van der Waals surface area contributed by atoms with Crippen LogP contribution in [0, 0.1) is 0 Å². The molecule has 0 fully saturated rings. The first-order valence-electron chi connectivity index (χ1n) is 5.64. The molecule has 3 rings (SSSR count). The summed E-state index contributed by atoms with van der Waals surface area (Å²) >= 11 is 13.3. The van der Waals surface area contributed by atoms with Crippen molar-refractivity contribution in [2.75, 3.05) is 0 Å². The van der Waals surface area contributed by atoms with E-state index in [1.807, 2.05) is 6.07 Å². The number of carboxylic acids is 1. The highest BCUT2D eigenvalue weighted by Crippen LogP contribution is 2.34. The van der Waals surface area contributed by atoms with Gasteiger partial charge in [-0.2, -0.15) is 0 Å². The van der Waals surface area contributed by atoms with Gasteiger partial charge in [-0.1, -0.05) is 29.3 Å². The van der Waals surface area contributed by atoms with Crippen LogP contribution in [0.3, 0.4) is 0 Å². The van der Waals surface area contributed by atoms with Crippen LogP contribution in [0.2, 0.25) is 9.36 Å². The quantitative estimate of drug-likeness (QED) is 0.724. The third kappa shape index (κ3) is 2.26. The predicted octanol–water partition coefficient (Wildman–Crippen LogP) is 4.97. The van der Waals surface area contributed by atoms with Gasteiger partial charge in [0.05, 0.1) is 31.0 Å². The molecule has 0 aliphatic heterocycles. The maximum absolute atomic E-state index is 11.4. The van der Waals surface area contributed by atoms with Gasteiger partial charge in [0.25, 0.3) is 0 Å². The number of halogens is 2. The molecule has 1 N–H and O–H groups in total. The van der Waals surface area contributed by atoms with Crippen molar-refractivity contribution in [1.29, 1.82) is 0 Å². The van der Waals surface area contributed by atoms with E-state index in [0.29, 0.717) is 26.0 Å². The number of fused-ring (bicyclic) bond motifs is 1. The van der Waals surface area contributed by atoms with Gasteiger partial charge in [0.2, 0.25) is 0 Å². The van der Waals surface area contributed by atoms with Crippen molar-refractivity contribution in [2.24, 2.45) is 0 Å². The van der Waals surface area contributed by atoms with Gasteiger partial charge in [-0.3, -0.25) is 0 Å². The summed E-state index contributed by atoms with van der Waals surface area (Å²) in [5.41, 5.74) is 1.27. The summed E-state index contributed by atoms with van der Waals surface area (Å²) in [6.07, 6.45) is 0. The molecule has 1 aromatic carbocycles. The third-order valence-corrected chi connectivity index (χ3v) is 4.41. The Morgan fingerprint density at radius 1 is 1.20 bits per heavy atom. The second-order valence-corrected chi connectivity index (χ2v) is 6.22. The standard InChI is InChI=1S/C14H7Cl2NO2S/c15-8-2-1-3-9-13(8)7(14(18)19)6-10(17-9)11-4-5-12(16)20-11/h1-6H,(H,18,19). The number of thiophene rings is 1. The van der Waals surface area contributed by atoms with Gasteiger partial charge in [0.15, 0.2) is 0 Å². The molecule has 0 aliphatic carbocycles. The molecule has 0 aliphatic rings. The SMILES string of the molecule is O=C(O)c1cc(-c2ccc(Cl)s2)nc2cccc(Cl)c12. The Labute approximate surface area is 128 Å². The van der Waals surface area contributed by atoms with Gasteiger partial charge in [0.1, 0.15) is 0 Å². The molecule has 100 valence electrons. The molecule has 3 aromatic rings. The van der Waals surface area contributed by atoms with Crippen molar-refractivity contribution < 1.29 is 9.90 Å². The minimum absolute atomic E-state index is 0.139.